The fraction of sp³-hybridized carbons (Fsp3) is 0.957. The topological polar surface area (TPSA) is 301 Å². The Morgan fingerprint density at radius 3 is 2.03 bits per heavy atom. The van der Waals surface area contributed by atoms with Crippen LogP contribution in [0.25, 0.3) is 0 Å². The van der Waals surface area contributed by atoms with Crippen LogP contribution in [-0.4, -0.2) is 180 Å². The Hall–Kier alpha value is -1.66. The zero-order valence-corrected chi connectivity index (χ0v) is 39.0. The quantitative estimate of drug-likeness (QED) is 0.107. The standard InChI is InChI=1S/C47H74O19/c1-42(2)23-10-13-46(7)24(9-8-19-26-27(43(3,4)59)21-16-47(26,41(58)62-21)15-14-45(19,46)6)44(23,5)12-11-25(42)63-40-36(32(54)31(53)34(64-40)37(56)57)66-39-35(30(52)29(51)22(17-48)61-39)65-38-33(55)28(50)20(49)18-60-38/h19-36,38-40,48-55,59H,8-18H2,1-7H3,(H,56,57). The Bertz CT molecular complexity index is 1840. The van der Waals surface area contributed by atoms with Gasteiger partial charge in [-0.05, 0) is 111 Å². The lowest BCUT2D eigenvalue weighted by molar-refractivity contribution is -0.392. The van der Waals surface area contributed by atoms with Gasteiger partial charge in [0.15, 0.2) is 25.0 Å². The molecule has 19 nitrogen and oxygen atoms in total. The lowest BCUT2D eigenvalue weighted by atomic mass is 9.32. The monoisotopic (exact) mass is 942 g/mol. The summed E-state index contributed by atoms with van der Waals surface area (Å²) in [6.45, 7) is 14.0. The Balaban J connectivity index is 0.971. The van der Waals surface area contributed by atoms with E-state index >= 15 is 0 Å². The molecule has 5 saturated carbocycles. The molecule has 2 bridgehead atoms. The van der Waals surface area contributed by atoms with E-state index in [-0.39, 0.29) is 52.0 Å². The van der Waals surface area contributed by atoms with Crippen LogP contribution in [0.5, 0.6) is 0 Å². The average molecular weight is 943 g/mol. The lowest BCUT2D eigenvalue weighted by Crippen LogP contribution is -2.69. The number of aliphatic hydroxyl groups excluding tert-OH is 8. The van der Waals surface area contributed by atoms with Crippen LogP contribution >= 0.6 is 0 Å². The molecule has 4 heterocycles. The molecule has 0 aromatic rings. The number of fused-ring (bicyclic) bond motifs is 7. The molecule has 9 aliphatic rings. The van der Waals surface area contributed by atoms with Gasteiger partial charge >= 0.3 is 11.9 Å². The van der Waals surface area contributed by atoms with Gasteiger partial charge in [-0.3, -0.25) is 4.79 Å². The summed E-state index contributed by atoms with van der Waals surface area (Å²) in [6.07, 6.45) is -18.2. The SMILES string of the molecule is CC(C)(O)C1C2CC3(CCC4(C)C(CCC5C6(C)CCC(OC7OC(C(=O)O)C(O)C(O)C7OC7OC(CO)C(O)C(O)C7OC7OCC(O)C(O)C7O)C(C)(C)C6CCC54C)C13)C(=O)O2. The molecular formula is C47H74O19. The van der Waals surface area contributed by atoms with E-state index < -0.39 is 128 Å². The first-order chi connectivity index (χ1) is 30.8. The van der Waals surface area contributed by atoms with Crippen molar-refractivity contribution in [2.45, 2.75) is 210 Å². The summed E-state index contributed by atoms with van der Waals surface area (Å²) in [7, 11) is 0. The average Bonchev–Trinajstić information content (AvgIpc) is 3.76. The number of carbonyl (C=O) groups is 2. The maximum atomic E-state index is 13.6. The second kappa shape index (κ2) is 16.7. The highest BCUT2D eigenvalue weighted by Crippen LogP contribution is 2.79. The summed E-state index contributed by atoms with van der Waals surface area (Å²) in [5, 5.41) is 108. The lowest BCUT2D eigenvalue weighted by Gasteiger charge is -2.73. The number of aliphatic hydroxyl groups is 9. The predicted octanol–water partition coefficient (Wildman–Crippen LogP) is -0.0610. The second-order valence-corrected chi connectivity index (χ2v) is 23.6. The number of carbonyl (C=O) groups excluding carboxylic acids is 1. The highest BCUT2D eigenvalue weighted by Gasteiger charge is 2.77. The van der Waals surface area contributed by atoms with Gasteiger partial charge in [0, 0.05) is 12.3 Å². The van der Waals surface area contributed by atoms with Crippen molar-refractivity contribution >= 4 is 11.9 Å². The summed E-state index contributed by atoms with van der Waals surface area (Å²) < 4.78 is 42.0. The molecule has 0 aromatic heterocycles. The van der Waals surface area contributed by atoms with Crippen molar-refractivity contribution in [3.8, 4) is 0 Å². The van der Waals surface area contributed by atoms with Gasteiger partial charge in [-0.25, -0.2) is 4.79 Å². The van der Waals surface area contributed by atoms with Gasteiger partial charge in [0.2, 0.25) is 0 Å². The maximum Gasteiger partial charge on any atom is 0.335 e. The number of rotatable bonds is 9. The molecule has 4 aliphatic heterocycles. The molecule has 5 aliphatic carbocycles. The van der Waals surface area contributed by atoms with Gasteiger partial charge in [-0.15, -0.1) is 0 Å². The third kappa shape index (κ3) is 7.13. The molecule has 66 heavy (non-hydrogen) atoms. The minimum Gasteiger partial charge on any atom is -0.479 e. The summed E-state index contributed by atoms with van der Waals surface area (Å²) in [5.41, 5.74) is -2.45. The zero-order valence-electron chi connectivity index (χ0n) is 39.0. The van der Waals surface area contributed by atoms with Crippen LogP contribution in [-0.2, 0) is 42.7 Å². The minimum atomic E-state index is -2.03. The van der Waals surface area contributed by atoms with Crippen molar-refractivity contribution < 1.29 is 93.8 Å². The highest BCUT2D eigenvalue weighted by atomic mass is 16.8. The van der Waals surface area contributed by atoms with Crippen molar-refractivity contribution in [3.05, 3.63) is 0 Å². The zero-order chi connectivity index (χ0) is 48.0. The predicted molar refractivity (Wildman–Crippen MR) is 224 cm³/mol. The van der Waals surface area contributed by atoms with E-state index in [0.717, 1.165) is 44.9 Å². The van der Waals surface area contributed by atoms with E-state index in [0.29, 0.717) is 18.8 Å². The number of ether oxygens (including phenoxy) is 7. The first-order valence-corrected chi connectivity index (χ1v) is 24.2. The van der Waals surface area contributed by atoms with Crippen molar-refractivity contribution in [2.24, 2.45) is 56.7 Å². The number of carboxylic acids is 1. The summed E-state index contributed by atoms with van der Waals surface area (Å²) in [6, 6.07) is 0. The molecule has 9 rings (SSSR count). The molecule has 10 N–H and O–H groups in total. The minimum absolute atomic E-state index is 0.0401. The van der Waals surface area contributed by atoms with E-state index in [2.05, 4.69) is 34.6 Å². The smallest absolute Gasteiger partial charge is 0.335 e. The van der Waals surface area contributed by atoms with Crippen LogP contribution < -0.4 is 0 Å². The number of carboxylic acid groups (broad SMARTS) is 1. The van der Waals surface area contributed by atoms with E-state index in [9.17, 15) is 60.7 Å². The normalized spacial score (nSPS) is 55.5. The Morgan fingerprint density at radius 1 is 0.727 bits per heavy atom. The van der Waals surface area contributed by atoms with Crippen molar-refractivity contribution in [3.63, 3.8) is 0 Å². The van der Waals surface area contributed by atoms with Crippen molar-refractivity contribution in [1.29, 1.82) is 0 Å². The fourth-order valence-electron chi connectivity index (χ4n) is 16.4. The van der Waals surface area contributed by atoms with E-state index in [1.165, 1.54) is 0 Å². The molecule has 9 fully saturated rings. The molecule has 1 spiro atoms. The largest absolute Gasteiger partial charge is 0.479 e. The summed E-state index contributed by atoms with van der Waals surface area (Å²) in [4.78, 5) is 26.1. The van der Waals surface area contributed by atoms with E-state index in [1.807, 2.05) is 13.8 Å². The highest BCUT2D eigenvalue weighted by molar-refractivity contribution is 5.81. The van der Waals surface area contributed by atoms with Crippen LogP contribution in [0.2, 0.25) is 0 Å². The van der Waals surface area contributed by atoms with E-state index in [4.69, 9.17) is 33.2 Å². The summed E-state index contributed by atoms with van der Waals surface area (Å²) in [5.74, 6) is -1.07. The number of aliphatic carboxylic acids is 1. The maximum absolute atomic E-state index is 13.6. The molecule has 25 unspecified atom stereocenters. The van der Waals surface area contributed by atoms with Crippen LogP contribution in [0.1, 0.15) is 106 Å². The number of hydrogen-bond acceptors (Lipinski definition) is 18. The molecule has 0 aromatic carbocycles. The Morgan fingerprint density at radius 2 is 1.38 bits per heavy atom. The Labute approximate surface area is 385 Å². The fourth-order valence-corrected chi connectivity index (χ4v) is 16.4. The van der Waals surface area contributed by atoms with Crippen LogP contribution in [0.4, 0.5) is 0 Å². The first-order valence-electron chi connectivity index (χ1n) is 24.2. The van der Waals surface area contributed by atoms with Crippen LogP contribution in [0.15, 0.2) is 0 Å². The molecular weight excluding hydrogens is 868 g/mol. The van der Waals surface area contributed by atoms with E-state index in [1.54, 1.807) is 0 Å². The van der Waals surface area contributed by atoms with Gasteiger partial charge in [-0.2, -0.15) is 0 Å². The van der Waals surface area contributed by atoms with Gasteiger partial charge in [0.05, 0.1) is 30.3 Å². The van der Waals surface area contributed by atoms with Gasteiger partial charge in [-0.1, -0.05) is 34.6 Å². The van der Waals surface area contributed by atoms with Gasteiger partial charge in [0.1, 0.15) is 67.1 Å². The number of esters is 1. The molecule has 0 amide bonds. The Kier molecular flexibility index (Phi) is 12.5. The molecule has 376 valence electrons. The van der Waals surface area contributed by atoms with Crippen molar-refractivity contribution in [2.75, 3.05) is 13.2 Å². The first kappa shape index (κ1) is 49.3. The van der Waals surface area contributed by atoms with Crippen molar-refractivity contribution in [1.82, 2.24) is 0 Å². The molecule has 19 heteroatoms. The van der Waals surface area contributed by atoms with Crippen LogP contribution in [0.3, 0.4) is 0 Å². The molecule has 25 atom stereocenters. The van der Waals surface area contributed by atoms with Gasteiger partial charge in [0.25, 0.3) is 0 Å². The third-order valence-electron chi connectivity index (χ3n) is 19.8. The van der Waals surface area contributed by atoms with Crippen LogP contribution in [0, 0.1) is 56.7 Å². The van der Waals surface area contributed by atoms with Gasteiger partial charge < -0.3 is 84.2 Å². The number of hydrogen-bond donors (Lipinski definition) is 10. The molecule has 4 saturated heterocycles. The molecule has 0 radical (unpaired) electrons. The second-order valence-electron chi connectivity index (χ2n) is 23.6. The summed E-state index contributed by atoms with van der Waals surface area (Å²) >= 11 is 0. The third-order valence-corrected chi connectivity index (χ3v) is 19.8.